The summed E-state index contributed by atoms with van der Waals surface area (Å²) in [6.45, 7) is 6.03. The Kier molecular flexibility index (Phi) is 4.66. The van der Waals surface area contributed by atoms with Gasteiger partial charge in [0.15, 0.2) is 0 Å². The number of piperidine rings is 1. The van der Waals surface area contributed by atoms with E-state index in [0.717, 1.165) is 37.1 Å². The lowest BCUT2D eigenvalue weighted by Gasteiger charge is -2.38. The minimum absolute atomic E-state index is 0.154. The van der Waals surface area contributed by atoms with Gasteiger partial charge in [-0.1, -0.05) is 13.3 Å². The van der Waals surface area contributed by atoms with Crippen LogP contribution in [0.5, 0.6) is 0 Å². The molecule has 2 atom stereocenters. The summed E-state index contributed by atoms with van der Waals surface area (Å²) in [5, 5.41) is 4.34. The molecule has 1 aliphatic heterocycles. The quantitative estimate of drug-likeness (QED) is 0.941. The van der Waals surface area contributed by atoms with Gasteiger partial charge in [0.2, 0.25) is 5.91 Å². The summed E-state index contributed by atoms with van der Waals surface area (Å²) < 4.78 is 19.0. The van der Waals surface area contributed by atoms with E-state index in [0.29, 0.717) is 24.1 Å². The Morgan fingerprint density at radius 2 is 2.26 bits per heavy atom. The van der Waals surface area contributed by atoms with Gasteiger partial charge in [0, 0.05) is 31.4 Å². The highest BCUT2D eigenvalue weighted by molar-refractivity contribution is 5.77. The van der Waals surface area contributed by atoms with Gasteiger partial charge in [0.05, 0.1) is 6.54 Å². The van der Waals surface area contributed by atoms with E-state index in [1.165, 1.54) is 12.1 Å². The van der Waals surface area contributed by atoms with Crippen LogP contribution in [0, 0.1) is 11.7 Å². The molecule has 0 saturated carbocycles. The first-order valence-electron chi connectivity index (χ1n) is 8.23. The number of carbonyl (C=O) groups is 1. The average Bonchev–Trinajstić information content (AvgIpc) is 2.94. The fourth-order valence-corrected chi connectivity index (χ4v) is 3.39. The van der Waals surface area contributed by atoms with Gasteiger partial charge >= 0.3 is 0 Å². The van der Waals surface area contributed by atoms with Crippen molar-refractivity contribution >= 4 is 16.9 Å². The summed E-state index contributed by atoms with van der Waals surface area (Å²) in [6, 6.07) is 6.82. The Labute approximate surface area is 135 Å². The molecule has 3 rings (SSSR count). The summed E-state index contributed by atoms with van der Waals surface area (Å²) in [4.78, 5) is 13.5. The van der Waals surface area contributed by atoms with Crippen LogP contribution >= 0.6 is 0 Å². The van der Waals surface area contributed by atoms with Crippen molar-refractivity contribution in [2.75, 3.05) is 13.1 Å². The van der Waals surface area contributed by atoms with E-state index in [4.69, 9.17) is 4.42 Å². The molecule has 4 nitrogen and oxygen atoms in total. The van der Waals surface area contributed by atoms with Gasteiger partial charge < -0.3 is 14.6 Å². The van der Waals surface area contributed by atoms with Gasteiger partial charge in [-0.05, 0) is 36.6 Å². The number of halogens is 1. The Morgan fingerprint density at radius 3 is 3.00 bits per heavy atom. The number of fused-ring (bicyclic) bond motifs is 1. The Bertz CT molecular complexity index is 697. The number of likely N-dealkylation sites (tertiary alicyclic amines) is 1. The molecule has 1 N–H and O–H groups in total. The van der Waals surface area contributed by atoms with Crippen LogP contribution in [-0.2, 0) is 11.3 Å². The molecule has 1 amide bonds. The van der Waals surface area contributed by atoms with E-state index in [1.54, 1.807) is 13.0 Å². The van der Waals surface area contributed by atoms with Crippen molar-refractivity contribution in [2.24, 2.45) is 5.92 Å². The van der Waals surface area contributed by atoms with Crippen LogP contribution < -0.4 is 5.32 Å². The standard InChI is InChI=1S/C18H23FN2O2/c1-3-13-11-21(12(2)22)7-6-17(13)20-10-16-9-14-8-15(19)4-5-18(14)23-16/h4-5,8-9,13,17,20H,3,6-7,10-11H2,1-2H3/t13-,17+/m0/s1. The normalized spacial score (nSPS) is 21.8. The fourth-order valence-electron chi connectivity index (χ4n) is 3.39. The van der Waals surface area contributed by atoms with Gasteiger partial charge in [-0.3, -0.25) is 4.79 Å². The SMILES string of the molecule is CC[C@H]1CN(C(C)=O)CC[C@H]1NCc1cc2cc(F)ccc2o1. The third-order valence-electron chi connectivity index (χ3n) is 4.77. The molecule has 0 aliphatic carbocycles. The van der Waals surface area contributed by atoms with Gasteiger partial charge in [-0.2, -0.15) is 0 Å². The molecular weight excluding hydrogens is 295 g/mol. The van der Waals surface area contributed by atoms with Crippen LogP contribution in [0.2, 0.25) is 0 Å². The Morgan fingerprint density at radius 1 is 1.43 bits per heavy atom. The summed E-state index contributed by atoms with van der Waals surface area (Å²) in [7, 11) is 0. The maximum Gasteiger partial charge on any atom is 0.219 e. The molecule has 0 bridgehead atoms. The average molecular weight is 318 g/mol. The molecule has 2 aromatic rings. The molecule has 1 aromatic heterocycles. The monoisotopic (exact) mass is 318 g/mol. The topological polar surface area (TPSA) is 45.5 Å². The molecule has 1 saturated heterocycles. The van der Waals surface area contributed by atoms with Crippen LogP contribution in [0.4, 0.5) is 4.39 Å². The number of carbonyl (C=O) groups excluding carboxylic acids is 1. The predicted octanol–water partition coefficient (Wildman–Crippen LogP) is 3.31. The van der Waals surface area contributed by atoms with Crippen molar-refractivity contribution in [3.63, 3.8) is 0 Å². The zero-order valence-electron chi connectivity index (χ0n) is 13.6. The zero-order chi connectivity index (χ0) is 16.4. The lowest BCUT2D eigenvalue weighted by Crippen LogP contribution is -2.50. The number of furan rings is 1. The predicted molar refractivity (Wildman–Crippen MR) is 87.5 cm³/mol. The van der Waals surface area contributed by atoms with Crippen molar-refractivity contribution < 1.29 is 13.6 Å². The van der Waals surface area contributed by atoms with Crippen molar-refractivity contribution in [1.82, 2.24) is 10.2 Å². The lowest BCUT2D eigenvalue weighted by atomic mass is 9.90. The van der Waals surface area contributed by atoms with Crippen molar-refractivity contribution in [1.29, 1.82) is 0 Å². The van der Waals surface area contributed by atoms with E-state index in [-0.39, 0.29) is 11.7 Å². The minimum atomic E-state index is -0.250. The molecule has 2 heterocycles. The number of nitrogens with one attached hydrogen (secondary N) is 1. The summed E-state index contributed by atoms with van der Waals surface area (Å²) in [5.74, 6) is 1.17. The second-order valence-corrected chi connectivity index (χ2v) is 6.30. The third-order valence-corrected chi connectivity index (χ3v) is 4.77. The molecule has 5 heteroatoms. The van der Waals surface area contributed by atoms with Gasteiger partial charge in [-0.15, -0.1) is 0 Å². The minimum Gasteiger partial charge on any atom is -0.460 e. The van der Waals surface area contributed by atoms with Crippen LogP contribution in [0.15, 0.2) is 28.7 Å². The molecular formula is C18H23FN2O2. The molecule has 1 aliphatic rings. The fraction of sp³-hybridized carbons (Fsp3) is 0.500. The molecule has 23 heavy (non-hydrogen) atoms. The smallest absolute Gasteiger partial charge is 0.219 e. The first-order chi connectivity index (χ1) is 11.1. The van der Waals surface area contributed by atoms with E-state index in [1.807, 2.05) is 11.0 Å². The maximum atomic E-state index is 13.2. The second-order valence-electron chi connectivity index (χ2n) is 6.30. The molecule has 124 valence electrons. The van der Waals surface area contributed by atoms with Crippen molar-refractivity contribution in [3.8, 4) is 0 Å². The first kappa shape index (κ1) is 16.0. The molecule has 0 spiro atoms. The number of rotatable bonds is 4. The van der Waals surface area contributed by atoms with Gasteiger partial charge in [-0.25, -0.2) is 4.39 Å². The summed E-state index contributed by atoms with van der Waals surface area (Å²) >= 11 is 0. The Balaban J connectivity index is 1.63. The van der Waals surface area contributed by atoms with E-state index in [2.05, 4.69) is 12.2 Å². The number of hydrogen-bond acceptors (Lipinski definition) is 3. The van der Waals surface area contributed by atoms with Crippen molar-refractivity contribution in [3.05, 3.63) is 35.8 Å². The van der Waals surface area contributed by atoms with Gasteiger partial charge in [0.25, 0.3) is 0 Å². The van der Waals surface area contributed by atoms with Crippen LogP contribution in [0.3, 0.4) is 0 Å². The first-order valence-corrected chi connectivity index (χ1v) is 8.23. The van der Waals surface area contributed by atoms with Crippen LogP contribution in [0.25, 0.3) is 11.0 Å². The number of hydrogen-bond donors (Lipinski definition) is 1. The molecule has 1 fully saturated rings. The van der Waals surface area contributed by atoms with Gasteiger partial charge in [0.1, 0.15) is 17.2 Å². The largest absolute Gasteiger partial charge is 0.460 e. The van der Waals surface area contributed by atoms with Crippen molar-refractivity contribution in [2.45, 2.75) is 39.3 Å². The van der Waals surface area contributed by atoms with Crippen LogP contribution in [0.1, 0.15) is 32.4 Å². The number of nitrogens with zero attached hydrogens (tertiary/aromatic N) is 1. The molecule has 0 unspecified atom stereocenters. The number of amides is 1. The van der Waals surface area contributed by atoms with E-state index in [9.17, 15) is 9.18 Å². The molecule has 0 radical (unpaired) electrons. The highest BCUT2D eigenvalue weighted by atomic mass is 19.1. The lowest BCUT2D eigenvalue weighted by molar-refractivity contribution is -0.131. The Hall–Kier alpha value is -1.88. The van der Waals surface area contributed by atoms with E-state index < -0.39 is 0 Å². The summed E-state index contributed by atoms with van der Waals surface area (Å²) in [5.41, 5.74) is 0.710. The highest BCUT2D eigenvalue weighted by Gasteiger charge is 2.28. The second kappa shape index (κ2) is 6.71. The van der Waals surface area contributed by atoms with Crippen LogP contribution in [-0.4, -0.2) is 29.9 Å². The summed E-state index contributed by atoms with van der Waals surface area (Å²) in [6.07, 6.45) is 1.99. The molecule has 1 aromatic carbocycles. The number of benzene rings is 1. The highest BCUT2D eigenvalue weighted by Crippen LogP contribution is 2.23. The third kappa shape index (κ3) is 3.55. The zero-order valence-corrected chi connectivity index (χ0v) is 13.6. The maximum absolute atomic E-state index is 13.2. The van der Waals surface area contributed by atoms with E-state index >= 15 is 0 Å².